The molecule has 3 nitrogen and oxygen atoms in total. The number of carbonyl (C=O) groups excluding carboxylic acids is 1. The molecule has 150 valence electrons. The maximum Gasteiger partial charge on any atom is 0.226 e. The SMILES string of the molecule is Cc1cccc(C2c3cccn3-c3sc4c(c3CN2C(=O)C(C)C)CCCC4)c1. The summed E-state index contributed by atoms with van der Waals surface area (Å²) in [4.78, 5) is 17.1. The highest BCUT2D eigenvalue weighted by Crippen LogP contribution is 2.44. The van der Waals surface area contributed by atoms with Crippen molar-refractivity contribution >= 4 is 17.2 Å². The Morgan fingerprint density at radius 3 is 2.72 bits per heavy atom. The number of thiophene rings is 1. The van der Waals surface area contributed by atoms with E-state index in [0.717, 1.165) is 6.42 Å². The molecule has 1 aliphatic carbocycles. The first-order chi connectivity index (χ1) is 14.0. The van der Waals surface area contributed by atoms with Crippen molar-refractivity contribution in [2.75, 3.05) is 0 Å². The van der Waals surface area contributed by atoms with Crippen LogP contribution in [0.3, 0.4) is 0 Å². The molecule has 0 spiro atoms. The number of hydrogen-bond donors (Lipinski definition) is 0. The third-order valence-electron chi connectivity index (χ3n) is 6.31. The Balaban J connectivity index is 1.74. The molecule has 0 N–H and O–H groups in total. The van der Waals surface area contributed by atoms with Crippen molar-refractivity contribution in [3.63, 3.8) is 0 Å². The number of benzene rings is 1. The summed E-state index contributed by atoms with van der Waals surface area (Å²) in [5.41, 5.74) is 6.52. The standard InChI is InChI=1S/C25H28N2OS/c1-16(2)24(28)27-15-20-19-10-4-5-12-22(19)29-25(20)26-13-7-11-21(26)23(27)18-9-6-8-17(3)14-18/h6-9,11,13-14,16,23H,4-5,10,12,15H2,1-3H3. The van der Waals surface area contributed by atoms with Gasteiger partial charge in [-0.15, -0.1) is 11.3 Å². The van der Waals surface area contributed by atoms with E-state index < -0.39 is 0 Å². The lowest BCUT2D eigenvalue weighted by Gasteiger charge is -2.33. The van der Waals surface area contributed by atoms with Crippen LogP contribution in [-0.4, -0.2) is 15.4 Å². The zero-order valence-corrected chi connectivity index (χ0v) is 18.3. The van der Waals surface area contributed by atoms with E-state index >= 15 is 0 Å². The molecule has 2 aromatic heterocycles. The van der Waals surface area contributed by atoms with Crippen LogP contribution in [-0.2, 0) is 24.2 Å². The Hall–Kier alpha value is -2.33. The first-order valence-corrected chi connectivity index (χ1v) is 11.5. The van der Waals surface area contributed by atoms with E-state index in [0.29, 0.717) is 6.54 Å². The van der Waals surface area contributed by atoms with Crippen LogP contribution in [0, 0.1) is 12.8 Å². The van der Waals surface area contributed by atoms with Gasteiger partial charge >= 0.3 is 0 Å². The normalized spacial score (nSPS) is 18.2. The van der Waals surface area contributed by atoms with Gasteiger partial charge in [-0.2, -0.15) is 0 Å². The maximum atomic E-state index is 13.5. The van der Waals surface area contributed by atoms with Crippen molar-refractivity contribution < 1.29 is 4.79 Å². The highest BCUT2D eigenvalue weighted by Gasteiger charge is 2.36. The van der Waals surface area contributed by atoms with E-state index in [1.165, 1.54) is 57.1 Å². The molecule has 0 saturated heterocycles. The number of rotatable bonds is 2. The molecular formula is C25H28N2OS. The number of amides is 1. The van der Waals surface area contributed by atoms with Gasteiger partial charge in [-0.3, -0.25) is 4.79 Å². The van der Waals surface area contributed by atoms with Crippen molar-refractivity contribution in [1.29, 1.82) is 0 Å². The number of aromatic nitrogens is 1. The predicted octanol–water partition coefficient (Wildman–Crippen LogP) is 5.81. The zero-order valence-electron chi connectivity index (χ0n) is 17.4. The van der Waals surface area contributed by atoms with Gasteiger partial charge in [0.05, 0.1) is 11.7 Å². The average molecular weight is 405 g/mol. The van der Waals surface area contributed by atoms with Gasteiger partial charge in [-0.25, -0.2) is 0 Å². The number of carbonyl (C=O) groups is 1. The second-order valence-electron chi connectivity index (χ2n) is 8.74. The lowest BCUT2D eigenvalue weighted by atomic mass is 9.94. The molecule has 3 heterocycles. The third-order valence-corrected chi connectivity index (χ3v) is 7.65. The fourth-order valence-electron chi connectivity index (χ4n) is 4.93. The summed E-state index contributed by atoms with van der Waals surface area (Å²) in [6.07, 6.45) is 7.06. The van der Waals surface area contributed by atoms with Crippen LogP contribution in [0.2, 0.25) is 0 Å². The van der Waals surface area contributed by atoms with Gasteiger partial charge in [0.15, 0.2) is 0 Å². The fraction of sp³-hybridized carbons (Fsp3) is 0.400. The Kier molecular flexibility index (Phi) is 4.62. The van der Waals surface area contributed by atoms with E-state index in [2.05, 4.69) is 59.0 Å². The molecule has 5 rings (SSSR count). The molecule has 0 fully saturated rings. The van der Waals surface area contributed by atoms with Crippen LogP contribution < -0.4 is 0 Å². The molecule has 3 aromatic rings. The van der Waals surface area contributed by atoms with Crippen molar-refractivity contribution in [2.45, 2.75) is 59.0 Å². The van der Waals surface area contributed by atoms with E-state index in [4.69, 9.17) is 0 Å². The molecule has 4 heteroatoms. The van der Waals surface area contributed by atoms with Crippen LogP contribution in [0.1, 0.15) is 65.6 Å². The Morgan fingerprint density at radius 1 is 1.10 bits per heavy atom. The van der Waals surface area contributed by atoms with Crippen LogP contribution >= 0.6 is 11.3 Å². The van der Waals surface area contributed by atoms with E-state index in [9.17, 15) is 4.79 Å². The van der Waals surface area contributed by atoms with Gasteiger partial charge in [0.2, 0.25) is 5.91 Å². The minimum absolute atomic E-state index is 0.0262. The molecule has 0 saturated carbocycles. The molecule has 29 heavy (non-hydrogen) atoms. The van der Waals surface area contributed by atoms with Crippen molar-refractivity contribution in [3.8, 4) is 5.00 Å². The second-order valence-corrected chi connectivity index (χ2v) is 9.82. The smallest absolute Gasteiger partial charge is 0.226 e. The summed E-state index contributed by atoms with van der Waals surface area (Å²) in [6, 6.07) is 12.9. The van der Waals surface area contributed by atoms with Gasteiger partial charge in [-0.1, -0.05) is 43.7 Å². The third kappa shape index (κ3) is 3.05. The monoisotopic (exact) mass is 404 g/mol. The van der Waals surface area contributed by atoms with Crippen LogP contribution in [0.15, 0.2) is 42.6 Å². The first kappa shape index (κ1) is 18.7. The van der Waals surface area contributed by atoms with Gasteiger partial charge < -0.3 is 9.47 Å². The molecule has 1 aromatic carbocycles. The number of nitrogens with zero attached hydrogens (tertiary/aromatic N) is 2. The highest BCUT2D eigenvalue weighted by atomic mass is 32.1. The second kappa shape index (κ2) is 7.17. The van der Waals surface area contributed by atoms with Crippen molar-refractivity contribution in [3.05, 3.63) is 75.4 Å². The van der Waals surface area contributed by atoms with E-state index in [-0.39, 0.29) is 17.9 Å². The van der Waals surface area contributed by atoms with Crippen molar-refractivity contribution in [2.24, 2.45) is 5.92 Å². The minimum Gasteiger partial charge on any atom is -0.325 e. The molecule has 1 atom stereocenters. The number of fused-ring (bicyclic) bond motifs is 5. The Bertz CT molecular complexity index is 1070. The molecular weight excluding hydrogens is 376 g/mol. The fourth-order valence-corrected chi connectivity index (χ4v) is 6.33. The number of hydrogen-bond acceptors (Lipinski definition) is 2. The van der Waals surface area contributed by atoms with E-state index in [1.54, 1.807) is 0 Å². The van der Waals surface area contributed by atoms with Crippen LogP contribution in [0.4, 0.5) is 0 Å². The predicted molar refractivity (Wildman–Crippen MR) is 119 cm³/mol. The topological polar surface area (TPSA) is 25.2 Å². The molecule has 1 unspecified atom stereocenters. The molecule has 2 aliphatic rings. The highest BCUT2D eigenvalue weighted by molar-refractivity contribution is 7.15. The maximum absolute atomic E-state index is 13.5. The van der Waals surface area contributed by atoms with Gasteiger partial charge in [-0.05, 0) is 55.9 Å². The van der Waals surface area contributed by atoms with Gasteiger partial charge in [0, 0.05) is 29.1 Å². The molecule has 1 aliphatic heterocycles. The summed E-state index contributed by atoms with van der Waals surface area (Å²) in [6.45, 7) is 6.87. The Morgan fingerprint density at radius 2 is 1.93 bits per heavy atom. The summed E-state index contributed by atoms with van der Waals surface area (Å²) < 4.78 is 2.36. The quantitative estimate of drug-likeness (QED) is 0.529. The van der Waals surface area contributed by atoms with Crippen LogP contribution in [0.25, 0.3) is 5.00 Å². The molecule has 0 bridgehead atoms. The number of aryl methyl sites for hydroxylation is 2. The van der Waals surface area contributed by atoms with E-state index in [1.807, 2.05) is 25.2 Å². The van der Waals surface area contributed by atoms with Gasteiger partial charge in [0.1, 0.15) is 5.00 Å². The largest absolute Gasteiger partial charge is 0.325 e. The summed E-state index contributed by atoms with van der Waals surface area (Å²) in [5.74, 6) is 0.203. The van der Waals surface area contributed by atoms with Crippen molar-refractivity contribution in [1.82, 2.24) is 9.47 Å². The molecule has 0 radical (unpaired) electrons. The van der Waals surface area contributed by atoms with Crippen LogP contribution in [0.5, 0.6) is 0 Å². The average Bonchev–Trinajstić information content (AvgIpc) is 3.29. The van der Waals surface area contributed by atoms with Gasteiger partial charge in [0.25, 0.3) is 0 Å². The minimum atomic E-state index is -0.0568. The first-order valence-electron chi connectivity index (χ1n) is 10.7. The summed E-state index contributed by atoms with van der Waals surface area (Å²) in [7, 11) is 0. The lowest BCUT2D eigenvalue weighted by Crippen LogP contribution is -2.37. The zero-order chi connectivity index (χ0) is 20.1. The lowest BCUT2D eigenvalue weighted by molar-refractivity contribution is -0.137. The Labute approximate surface area is 177 Å². The molecule has 1 amide bonds. The summed E-state index contributed by atoms with van der Waals surface area (Å²) in [5, 5.41) is 1.33. The summed E-state index contributed by atoms with van der Waals surface area (Å²) >= 11 is 1.95.